The Labute approximate surface area is 109 Å². The van der Waals surface area contributed by atoms with Gasteiger partial charge in [0.15, 0.2) is 0 Å². The Morgan fingerprint density at radius 2 is 2.29 bits per heavy atom. The molecule has 2 atom stereocenters. The van der Waals surface area contributed by atoms with Crippen LogP contribution in [0.25, 0.3) is 0 Å². The molecular formula is C13H25NO2S. The second-order valence-corrected chi connectivity index (χ2v) is 7.31. The molecule has 0 amide bonds. The lowest BCUT2D eigenvalue weighted by Crippen LogP contribution is -2.50. The maximum Gasteiger partial charge on any atom is 0.0795 e. The molecular weight excluding hydrogens is 234 g/mol. The molecule has 0 aromatic heterocycles. The van der Waals surface area contributed by atoms with Gasteiger partial charge in [0.25, 0.3) is 0 Å². The maximum absolute atomic E-state index is 9.90. The first-order valence-corrected chi connectivity index (χ1v) is 7.70. The van der Waals surface area contributed by atoms with Crippen molar-refractivity contribution in [3.8, 4) is 0 Å². The molecule has 2 heterocycles. The number of aliphatic hydroxyl groups is 1. The largest absolute Gasteiger partial charge is 0.389 e. The third-order valence-electron chi connectivity index (χ3n) is 3.79. The summed E-state index contributed by atoms with van der Waals surface area (Å²) in [5.41, 5.74) is -0.466. The van der Waals surface area contributed by atoms with Crippen LogP contribution in [0.15, 0.2) is 0 Å². The van der Waals surface area contributed by atoms with E-state index in [-0.39, 0.29) is 5.60 Å². The minimum atomic E-state index is -0.607. The van der Waals surface area contributed by atoms with Crippen molar-refractivity contribution in [1.82, 2.24) is 4.90 Å². The van der Waals surface area contributed by atoms with Gasteiger partial charge < -0.3 is 14.7 Å². The van der Waals surface area contributed by atoms with E-state index in [1.165, 1.54) is 12.2 Å². The van der Waals surface area contributed by atoms with Crippen LogP contribution >= 0.6 is 11.8 Å². The lowest BCUT2D eigenvalue weighted by Gasteiger charge is -2.42. The van der Waals surface area contributed by atoms with Crippen LogP contribution in [0.5, 0.6) is 0 Å². The molecule has 0 saturated carbocycles. The van der Waals surface area contributed by atoms with Crippen molar-refractivity contribution in [2.45, 2.75) is 50.4 Å². The van der Waals surface area contributed by atoms with E-state index in [0.717, 1.165) is 31.7 Å². The third kappa shape index (κ3) is 3.60. The van der Waals surface area contributed by atoms with Crippen molar-refractivity contribution < 1.29 is 9.84 Å². The van der Waals surface area contributed by atoms with Crippen molar-refractivity contribution in [3.63, 3.8) is 0 Å². The predicted molar refractivity (Wildman–Crippen MR) is 72.6 cm³/mol. The van der Waals surface area contributed by atoms with Gasteiger partial charge in [-0.3, -0.25) is 0 Å². The zero-order valence-corrected chi connectivity index (χ0v) is 12.1. The van der Waals surface area contributed by atoms with Crippen LogP contribution in [-0.2, 0) is 4.74 Å². The van der Waals surface area contributed by atoms with E-state index in [0.29, 0.717) is 6.04 Å². The number of thioether (sulfide) groups is 1. The molecule has 4 heteroatoms. The summed E-state index contributed by atoms with van der Waals surface area (Å²) >= 11 is 2.01. The van der Waals surface area contributed by atoms with Gasteiger partial charge >= 0.3 is 0 Å². The van der Waals surface area contributed by atoms with E-state index < -0.39 is 5.60 Å². The topological polar surface area (TPSA) is 32.7 Å². The number of likely N-dealkylation sites (N-methyl/N-ethyl adjacent to an activating group) is 1. The number of nitrogens with zero attached hydrogens (tertiary/aromatic N) is 1. The zero-order valence-electron chi connectivity index (χ0n) is 11.2. The average molecular weight is 259 g/mol. The molecule has 0 radical (unpaired) electrons. The molecule has 1 N–H and O–H groups in total. The third-order valence-corrected chi connectivity index (χ3v) is 5.02. The Kier molecular flexibility index (Phi) is 4.08. The van der Waals surface area contributed by atoms with Crippen LogP contribution in [0.2, 0.25) is 0 Å². The Morgan fingerprint density at radius 1 is 1.53 bits per heavy atom. The van der Waals surface area contributed by atoms with Crippen LogP contribution in [0.1, 0.15) is 33.1 Å². The molecule has 0 aromatic rings. The fourth-order valence-corrected chi connectivity index (χ4v) is 4.36. The van der Waals surface area contributed by atoms with E-state index in [9.17, 15) is 5.11 Å². The molecule has 0 aromatic carbocycles. The first kappa shape index (κ1) is 13.7. The summed E-state index contributed by atoms with van der Waals surface area (Å²) in [5, 5.41) is 9.90. The number of hydrogen-bond donors (Lipinski definition) is 1. The summed E-state index contributed by atoms with van der Waals surface area (Å²) < 4.78 is 6.03. The highest BCUT2D eigenvalue weighted by atomic mass is 32.2. The molecule has 100 valence electrons. The fourth-order valence-electron chi connectivity index (χ4n) is 2.98. The molecule has 2 saturated heterocycles. The van der Waals surface area contributed by atoms with E-state index in [1.807, 2.05) is 25.6 Å². The van der Waals surface area contributed by atoms with Crippen LogP contribution in [0, 0.1) is 0 Å². The summed E-state index contributed by atoms with van der Waals surface area (Å²) in [7, 11) is 2.13. The number of hydrogen-bond acceptors (Lipinski definition) is 4. The smallest absolute Gasteiger partial charge is 0.0795 e. The monoisotopic (exact) mass is 259 g/mol. The molecule has 17 heavy (non-hydrogen) atoms. The van der Waals surface area contributed by atoms with Crippen molar-refractivity contribution in [3.05, 3.63) is 0 Å². The van der Waals surface area contributed by atoms with Crippen molar-refractivity contribution in [2.24, 2.45) is 0 Å². The average Bonchev–Trinajstić information content (AvgIpc) is 2.64. The summed E-state index contributed by atoms with van der Waals surface area (Å²) in [5.74, 6) is 2.39. The summed E-state index contributed by atoms with van der Waals surface area (Å²) in [6.45, 7) is 5.37. The lowest BCUT2D eigenvalue weighted by atomic mass is 9.89. The van der Waals surface area contributed by atoms with Gasteiger partial charge in [-0.1, -0.05) is 0 Å². The zero-order chi connectivity index (χ0) is 12.5. The van der Waals surface area contributed by atoms with Crippen LogP contribution in [-0.4, -0.2) is 59.0 Å². The van der Waals surface area contributed by atoms with E-state index in [4.69, 9.17) is 4.74 Å². The van der Waals surface area contributed by atoms with Gasteiger partial charge in [0.2, 0.25) is 0 Å². The summed E-state index contributed by atoms with van der Waals surface area (Å²) in [6.07, 6.45) is 3.43. The highest BCUT2D eigenvalue weighted by Gasteiger charge is 2.41. The van der Waals surface area contributed by atoms with E-state index in [2.05, 4.69) is 11.9 Å². The molecule has 0 bridgehead atoms. The molecule has 2 unspecified atom stereocenters. The second kappa shape index (κ2) is 5.08. The molecule has 2 aliphatic heterocycles. The first-order chi connectivity index (χ1) is 7.90. The SMILES string of the molecule is CN(CC(C)(C)O)C1CCOC2(CCSC2)C1. The maximum atomic E-state index is 9.90. The van der Waals surface area contributed by atoms with Crippen LogP contribution < -0.4 is 0 Å². The molecule has 2 aliphatic rings. The Bertz CT molecular complexity index is 259. The quantitative estimate of drug-likeness (QED) is 0.837. The van der Waals surface area contributed by atoms with E-state index >= 15 is 0 Å². The number of ether oxygens (including phenoxy) is 1. The van der Waals surface area contributed by atoms with Gasteiger partial charge in [-0.05, 0) is 45.9 Å². The van der Waals surface area contributed by atoms with Gasteiger partial charge in [-0.2, -0.15) is 11.8 Å². The van der Waals surface area contributed by atoms with Crippen molar-refractivity contribution in [1.29, 1.82) is 0 Å². The fraction of sp³-hybridized carbons (Fsp3) is 1.00. The van der Waals surface area contributed by atoms with Crippen molar-refractivity contribution in [2.75, 3.05) is 31.7 Å². The Morgan fingerprint density at radius 3 is 2.88 bits per heavy atom. The van der Waals surface area contributed by atoms with Gasteiger partial charge in [-0.25, -0.2) is 0 Å². The van der Waals surface area contributed by atoms with Gasteiger partial charge in [0.1, 0.15) is 0 Å². The molecule has 2 fully saturated rings. The minimum Gasteiger partial charge on any atom is -0.389 e. The number of rotatable bonds is 3. The van der Waals surface area contributed by atoms with Crippen molar-refractivity contribution >= 4 is 11.8 Å². The summed E-state index contributed by atoms with van der Waals surface area (Å²) in [4.78, 5) is 2.31. The molecule has 3 nitrogen and oxygen atoms in total. The first-order valence-electron chi connectivity index (χ1n) is 6.55. The van der Waals surface area contributed by atoms with Crippen LogP contribution in [0.4, 0.5) is 0 Å². The Hall–Kier alpha value is 0.230. The van der Waals surface area contributed by atoms with Gasteiger partial charge in [0, 0.05) is 24.9 Å². The highest BCUT2D eigenvalue weighted by Crippen LogP contribution is 2.39. The van der Waals surface area contributed by atoms with E-state index in [1.54, 1.807) is 0 Å². The lowest BCUT2D eigenvalue weighted by molar-refractivity contribution is -0.0936. The minimum absolute atomic E-state index is 0.140. The highest BCUT2D eigenvalue weighted by molar-refractivity contribution is 7.99. The summed E-state index contributed by atoms with van der Waals surface area (Å²) in [6, 6.07) is 0.564. The molecule has 0 aliphatic carbocycles. The molecule has 2 rings (SSSR count). The molecule has 1 spiro atoms. The van der Waals surface area contributed by atoms with Gasteiger partial charge in [-0.15, -0.1) is 0 Å². The van der Waals surface area contributed by atoms with Gasteiger partial charge in [0.05, 0.1) is 11.2 Å². The predicted octanol–water partition coefficient (Wildman–Crippen LogP) is 1.74. The Balaban J connectivity index is 1.92. The van der Waals surface area contributed by atoms with Crippen LogP contribution in [0.3, 0.4) is 0 Å². The normalized spacial score (nSPS) is 34.8. The standard InChI is InChI=1S/C13H25NO2S/c1-12(2,15)9-14(3)11-4-6-16-13(8-11)5-7-17-10-13/h11,15H,4-10H2,1-3H3. The second-order valence-electron chi connectivity index (χ2n) is 6.21.